The summed E-state index contributed by atoms with van der Waals surface area (Å²) < 4.78 is 5.45. The number of alkyl halides is 1. The molecule has 0 amide bonds. The Bertz CT molecular complexity index is 406. The van der Waals surface area contributed by atoms with Gasteiger partial charge in [0.2, 0.25) is 0 Å². The number of fused-ring (bicyclic) bond motifs is 3. The highest BCUT2D eigenvalue weighted by molar-refractivity contribution is 9.09. The van der Waals surface area contributed by atoms with Gasteiger partial charge in [0, 0.05) is 4.83 Å². The van der Waals surface area contributed by atoms with E-state index in [-0.39, 0.29) is 11.9 Å². The molecule has 114 valence electrons. The fourth-order valence-electron chi connectivity index (χ4n) is 5.63. The highest BCUT2D eigenvalue weighted by Crippen LogP contribution is 2.63. The molecular formula is C17H27BrO2. The van der Waals surface area contributed by atoms with Gasteiger partial charge in [0.1, 0.15) is 0 Å². The molecule has 3 fully saturated rings. The standard InChI is InChI=1S/C17H27BrO2/c1-16(2)7-5-8-17(3)11-6-4-9-20-15(19)14(11)12(18)10-13(16)17/h11-14H,4-10H2,1-3H3/t11?,12-,13?,14+,17-/m1/s1. The maximum atomic E-state index is 12.4. The molecule has 0 bridgehead atoms. The molecule has 0 aromatic carbocycles. The summed E-state index contributed by atoms with van der Waals surface area (Å²) in [4.78, 5) is 12.7. The molecule has 1 heterocycles. The lowest BCUT2D eigenvalue weighted by atomic mass is 9.46. The highest BCUT2D eigenvalue weighted by atomic mass is 79.9. The molecule has 0 N–H and O–H groups in total. The van der Waals surface area contributed by atoms with Gasteiger partial charge in [-0.2, -0.15) is 0 Å². The molecule has 2 saturated carbocycles. The number of halogens is 1. The zero-order valence-corrected chi connectivity index (χ0v) is 14.5. The first-order valence-corrected chi connectivity index (χ1v) is 9.08. The molecule has 2 unspecified atom stereocenters. The van der Waals surface area contributed by atoms with Gasteiger partial charge >= 0.3 is 5.97 Å². The van der Waals surface area contributed by atoms with Gasteiger partial charge in [-0.3, -0.25) is 4.79 Å². The first kappa shape index (κ1) is 14.9. The van der Waals surface area contributed by atoms with Crippen molar-refractivity contribution >= 4 is 21.9 Å². The third-order valence-corrected chi connectivity index (χ3v) is 7.53. The second kappa shape index (κ2) is 5.00. The second-order valence-electron chi connectivity index (χ2n) is 8.09. The van der Waals surface area contributed by atoms with Crippen molar-refractivity contribution in [2.45, 2.75) is 64.1 Å². The predicted octanol–water partition coefficient (Wildman–Crippen LogP) is 4.56. The Hall–Kier alpha value is -0.0500. The third kappa shape index (κ3) is 2.15. The molecule has 1 saturated heterocycles. The number of ether oxygens (including phenoxy) is 1. The van der Waals surface area contributed by atoms with E-state index in [9.17, 15) is 4.79 Å². The first-order valence-electron chi connectivity index (χ1n) is 8.17. The summed E-state index contributed by atoms with van der Waals surface area (Å²) in [6.07, 6.45) is 7.24. The van der Waals surface area contributed by atoms with Crippen LogP contribution in [-0.2, 0) is 9.53 Å². The van der Waals surface area contributed by atoms with Crippen LogP contribution in [0.25, 0.3) is 0 Å². The predicted molar refractivity (Wildman–Crippen MR) is 83.7 cm³/mol. The molecule has 2 nitrogen and oxygen atoms in total. The fraction of sp³-hybridized carbons (Fsp3) is 0.941. The molecule has 2 aliphatic carbocycles. The van der Waals surface area contributed by atoms with E-state index >= 15 is 0 Å². The number of hydrogen-bond acceptors (Lipinski definition) is 2. The van der Waals surface area contributed by atoms with Gasteiger partial charge in [0.25, 0.3) is 0 Å². The van der Waals surface area contributed by atoms with Crippen LogP contribution in [0.4, 0.5) is 0 Å². The summed E-state index contributed by atoms with van der Waals surface area (Å²) >= 11 is 3.84. The largest absolute Gasteiger partial charge is 0.465 e. The Labute approximate surface area is 131 Å². The minimum absolute atomic E-state index is 0.0532. The van der Waals surface area contributed by atoms with Crippen LogP contribution in [0.3, 0.4) is 0 Å². The van der Waals surface area contributed by atoms with Crippen LogP contribution in [-0.4, -0.2) is 17.4 Å². The number of carbonyl (C=O) groups excluding carboxylic acids is 1. The monoisotopic (exact) mass is 342 g/mol. The molecule has 3 rings (SSSR count). The number of carbonyl (C=O) groups is 1. The molecule has 0 aromatic heterocycles. The van der Waals surface area contributed by atoms with Gasteiger partial charge in [0.05, 0.1) is 12.5 Å². The Morgan fingerprint density at radius 1 is 1.20 bits per heavy atom. The minimum Gasteiger partial charge on any atom is -0.465 e. The lowest BCUT2D eigenvalue weighted by molar-refractivity contribution is -0.158. The van der Waals surface area contributed by atoms with E-state index in [1.54, 1.807) is 0 Å². The molecule has 5 atom stereocenters. The summed E-state index contributed by atoms with van der Waals surface area (Å²) in [5, 5.41) is 0. The summed E-state index contributed by atoms with van der Waals surface area (Å²) in [7, 11) is 0. The zero-order valence-electron chi connectivity index (χ0n) is 13.0. The SMILES string of the molecule is CC1(C)CCC[C@]2(C)C3CCCOC(=O)[C@@H]3[C@H](Br)CC12. The normalized spacial score (nSPS) is 47.7. The van der Waals surface area contributed by atoms with Gasteiger partial charge in [-0.05, 0) is 54.8 Å². The molecule has 0 radical (unpaired) electrons. The Morgan fingerprint density at radius 3 is 2.70 bits per heavy atom. The third-order valence-electron chi connectivity index (χ3n) is 6.58. The van der Waals surface area contributed by atoms with Crippen LogP contribution in [0.5, 0.6) is 0 Å². The van der Waals surface area contributed by atoms with Crippen LogP contribution in [0.1, 0.15) is 59.3 Å². The van der Waals surface area contributed by atoms with Crippen LogP contribution in [0.2, 0.25) is 0 Å². The van der Waals surface area contributed by atoms with E-state index in [2.05, 4.69) is 36.7 Å². The van der Waals surface area contributed by atoms with Gasteiger partial charge in [-0.1, -0.05) is 43.1 Å². The Balaban J connectivity index is 2.00. The zero-order chi connectivity index (χ0) is 14.5. The molecule has 1 aliphatic heterocycles. The van der Waals surface area contributed by atoms with Crippen molar-refractivity contribution in [3.63, 3.8) is 0 Å². The molecule has 3 heteroatoms. The van der Waals surface area contributed by atoms with Crippen molar-refractivity contribution < 1.29 is 9.53 Å². The quantitative estimate of drug-likeness (QED) is 0.476. The molecule has 0 aromatic rings. The van der Waals surface area contributed by atoms with Crippen LogP contribution in [0.15, 0.2) is 0 Å². The summed E-state index contributed by atoms with van der Waals surface area (Å²) in [6, 6.07) is 0. The maximum Gasteiger partial charge on any atom is 0.310 e. The summed E-state index contributed by atoms with van der Waals surface area (Å²) in [6.45, 7) is 7.96. The topological polar surface area (TPSA) is 26.3 Å². The maximum absolute atomic E-state index is 12.4. The minimum atomic E-state index is 0.0532. The van der Waals surface area contributed by atoms with Gasteiger partial charge in [0.15, 0.2) is 0 Å². The van der Waals surface area contributed by atoms with Crippen LogP contribution >= 0.6 is 15.9 Å². The summed E-state index contributed by atoms with van der Waals surface area (Å²) in [5.41, 5.74) is 0.722. The van der Waals surface area contributed by atoms with Gasteiger partial charge in [-0.15, -0.1) is 0 Å². The molecule has 3 aliphatic rings. The smallest absolute Gasteiger partial charge is 0.310 e. The average molecular weight is 343 g/mol. The molecular weight excluding hydrogens is 316 g/mol. The van der Waals surface area contributed by atoms with E-state index in [1.165, 1.54) is 19.3 Å². The van der Waals surface area contributed by atoms with Gasteiger partial charge in [-0.25, -0.2) is 0 Å². The van der Waals surface area contributed by atoms with E-state index in [0.29, 0.717) is 28.2 Å². The van der Waals surface area contributed by atoms with Crippen LogP contribution < -0.4 is 0 Å². The molecule has 20 heavy (non-hydrogen) atoms. The van der Waals surface area contributed by atoms with Crippen molar-refractivity contribution in [3.05, 3.63) is 0 Å². The first-order chi connectivity index (χ1) is 9.36. The van der Waals surface area contributed by atoms with Crippen molar-refractivity contribution in [2.24, 2.45) is 28.6 Å². The van der Waals surface area contributed by atoms with E-state index in [0.717, 1.165) is 25.2 Å². The fourth-order valence-corrected chi connectivity index (χ4v) is 6.58. The summed E-state index contributed by atoms with van der Waals surface area (Å²) in [5.74, 6) is 1.35. The van der Waals surface area contributed by atoms with E-state index in [4.69, 9.17) is 4.74 Å². The number of hydrogen-bond donors (Lipinski definition) is 0. The molecule has 0 spiro atoms. The van der Waals surface area contributed by atoms with Crippen molar-refractivity contribution in [3.8, 4) is 0 Å². The Kier molecular flexibility index (Phi) is 3.72. The lowest BCUT2D eigenvalue weighted by Crippen LogP contribution is -2.56. The Morgan fingerprint density at radius 2 is 1.95 bits per heavy atom. The number of rotatable bonds is 0. The van der Waals surface area contributed by atoms with Crippen LogP contribution in [0, 0.1) is 28.6 Å². The van der Waals surface area contributed by atoms with E-state index < -0.39 is 0 Å². The van der Waals surface area contributed by atoms with Gasteiger partial charge < -0.3 is 4.74 Å². The highest BCUT2D eigenvalue weighted by Gasteiger charge is 2.58. The lowest BCUT2D eigenvalue weighted by Gasteiger charge is -2.59. The second-order valence-corrected chi connectivity index (χ2v) is 9.27. The number of esters is 1. The average Bonchev–Trinajstić information content (AvgIpc) is 2.55. The van der Waals surface area contributed by atoms with Crippen molar-refractivity contribution in [1.82, 2.24) is 0 Å². The number of cyclic esters (lactones) is 1. The van der Waals surface area contributed by atoms with E-state index in [1.807, 2.05) is 0 Å². The van der Waals surface area contributed by atoms with Crippen molar-refractivity contribution in [2.75, 3.05) is 6.61 Å². The van der Waals surface area contributed by atoms with Crippen molar-refractivity contribution in [1.29, 1.82) is 0 Å².